The van der Waals surface area contributed by atoms with Gasteiger partial charge in [-0.15, -0.1) is 0 Å². The van der Waals surface area contributed by atoms with E-state index in [1.165, 1.54) is 0 Å². The Labute approximate surface area is 124 Å². The predicted octanol–water partition coefficient (Wildman–Crippen LogP) is 1.81. The summed E-state index contributed by atoms with van der Waals surface area (Å²) in [5.74, 6) is -1.11. The van der Waals surface area contributed by atoms with Crippen LogP contribution >= 0.6 is 15.9 Å². The lowest BCUT2D eigenvalue weighted by Crippen LogP contribution is -2.43. The number of aliphatic hydroxyl groups excluding tert-OH is 1. The molecule has 0 saturated carbocycles. The summed E-state index contributed by atoms with van der Waals surface area (Å²) in [4.78, 5) is 24.3. The highest BCUT2D eigenvalue weighted by molar-refractivity contribution is 9.10. The molecule has 1 unspecified atom stereocenters. The zero-order valence-electron chi connectivity index (χ0n) is 10.8. The van der Waals surface area contributed by atoms with E-state index < -0.39 is 24.1 Å². The number of anilines is 1. The monoisotopic (exact) mass is 342 g/mol. The molecule has 0 bridgehead atoms. The van der Waals surface area contributed by atoms with Crippen molar-refractivity contribution in [1.29, 1.82) is 0 Å². The lowest BCUT2D eigenvalue weighted by molar-refractivity contribution is -0.141. The molecule has 0 aliphatic carbocycles. The molecular weight excluding hydrogens is 328 g/mol. The van der Waals surface area contributed by atoms with E-state index in [0.717, 1.165) is 14.9 Å². The van der Waals surface area contributed by atoms with Gasteiger partial charge in [0.05, 0.1) is 6.10 Å². The van der Waals surface area contributed by atoms with Gasteiger partial charge in [0, 0.05) is 23.1 Å². The molecular formula is C13H15BrN2O4. The SMILES string of the molecule is Cc1ccc(NC(=O)N2CC(O)C[C@H]2C(=O)O)cc1Br. The van der Waals surface area contributed by atoms with Gasteiger partial charge < -0.3 is 20.4 Å². The second-order valence-corrected chi connectivity index (χ2v) is 5.64. The van der Waals surface area contributed by atoms with Gasteiger partial charge in [0.2, 0.25) is 0 Å². The third-order valence-corrected chi connectivity index (χ3v) is 4.10. The van der Waals surface area contributed by atoms with Gasteiger partial charge in [-0.2, -0.15) is 0 Å². The molecule has 7 heteroatoms. The molecule has 0 radical (unpaired) electrons. The van der Waals surface area contributed by atoms with E-state index in [9.17, 15) is 14.7 Å². The lowest BCUT2D eigenvalue weighted by Gasteiger charge is -2.21. The highest BCUT2D eigenvalue weighted by Crippen LogP contribution is 2.23. The molecule has 1 aromatic carbocycles. The molecule has 1 heterocycles. The van der Waals surface area contributed by atoms with Gasteiger partial charge in [-0.25, -0.2) is 9.59 Å². The summed E-state index contributed by atoms with van der Waals surface area (Å²) in [5.41, 5.74) is 1.60. The van der Waals surface area contributed by atoms with Gasteiger partial charge in [-0.3, -0.25) is 0 Å². The number of halogens is 1. The number of β-amino-alcohol motifs (C(OH)–C–C–N with tert-alkyl or cyclic N) is 1. The van der Waals surface area contributed by atoms with E-state index in [1.807, 2.05) is 13.0 Å². The number of carboxylic acid groups (broad SMARTS) is 1. The number of aliphatic carboxylic acids is 1. The van der Waals surface area contributed by atoms with E-state index in [1.54, 1.807) is 12.1 Å². The fourth-order valence-corrected chi connectivity index (χ4v) is 2.52. The number of amides is 2. The van der Waals surface area contributed by atoms with Gasteiger partial charge in [-0.05, 0) is 24.6 Å². The van der Waals surface area contributed by atoms with Crippen LogP contribution in [0.3, 0.4) is 0 Å². The average molecular weight is 343 g/mol. The summed E-state index contributed by atoms with van der Waals surface area (Å²) in [6, 6.07) is 3.81. The van der Waals surface area contributed by atoms with Crippen LogP contribution in [0.5, 0.6) is 0 Å². The van der Waals surface area contributed by atoms with E-state index in [0.29, 0.717) is 5.69 Å². The number of carbonyl (C=O) groups excluding carboxylic acids is 1. The average Bonchev–Trinajstić information content (AvgIpc) is 2.76. The second kappa shape index (κ2) is 5.80. The van der Waals surface area contributed by atoms with Crippen molar-refractivity contribution < 1.29 is 19.8 Å². The maximum absolute atomic E-state index is 12.1. The van der Waals surface area contributed by atoms with Crippen molar-refractivity contribution in [2.75, 3.05) is 11.9 Å². The number of carboxylic acids is 1. The van der Waals surface area contributed by atoms with Crippen LogP contribution in [0.2, 0.25) is 0 Å². The quantitative estimate of drug-likeness (QED) is 0.764. The standard InChI is InChI=1S/C13H15BrN2O4/c1-7-2-3-8(4-10(7)14)15-13(20)16-6-9(17)5-11(16)12(18)19/h2-4,9,11,17H,5-6H2,1H3,(H,15,20)(H,18,19)/t9?,11-/m0/s1. The lowest BCUT2D eigenvalue weighted by atomic mass is 10.2. The maximum atomic E-state index is 12.1. The number of rotatable bonds is 2. The van der Waals surface area contributed by atoms with Crippen LogP contribution in [0.15, 0.2) is 22.7 Å². The van der Waals surface area contributed by atoms with Gasteiger partial charge >= 0.3 is 12.0 Å². The number of hydrogen-bond donors (Lipinski definition) is 3. The Balaban J connectivity index is 2.11. The Morgan fingerprint density at radius 2 is 2.15 bits per heavy atom. The zero-order chi connectivity index (χ0) is 14.9. The van der Waals surface area contributed by atoms with Crippen molar-refractivity contribution in [3.05, 3.63) is 28.2 Å². The first-order chi connectivity index (χ1) is 9.38. The number of aliphatic hydroxyl groups is 1. The van der Waals surface area contributed by atoms with Crippen molar-refractivity contribution in [3.8, 4) is 0 Å². The van der Waals surface area contributed by atoms with Gasteiger partial charge in [0.25, 0.3) is 0 Å². The van der Waals surface area contributed by atoms with Crippen LogP contribution in [-0.2, 0) is 4.79 Å². The highest BCUT2D eigenvalue weighted by Gasteiger charge is 2.38. The highest BCUT2D eigenvalue weighted by atomic mass is 79.9. The van der Waals surface area contributed by atoms with Crippen molar-refractivity contribution in [2.45, 2.75) is 25.5 Å². The van der Waals surface area contributed by atoms with E-state index in [2.05, 4.69) is 21.2 Å². The molecule has 2 amide bonds. The minimum atomic E-state index is -1.11. The van der Waals surface area contributed by atoms with Crippen LogP contribution in [0.1, 0.15) is 12.0 Å². The summed E-state index contributed by atoms with van der Waals surface area (Å²) in [5, 5.41) is 21.2. The van der Waals surface area contributed by atoms with Crippen molar-refractivity contribution in [1.82, 2.24) is 4.90 Å². The number of aryl methyl sites for hydroxylation is 1. The summed E-state index contributed by atoms with van der Waals surface area (Å²) < 4.78 is 0.853. The molecule has 3 N–H and O–H groups in total. The number of nitrogens with zero attached hydrogens (tertiary/aromatic N) is 1. The van der Waals surface area contributed by atoms with Crippen molar-refractivity contribution >= 4 is 33.6 Å². The molecule has 0 aromatic heterocycles. The molecule has 1 aliphatic heterocycles. The molecule has 1 fully saturated rings. The smallest absolute Gasteiger partial charge is 0.326 e. The Bertz CT molecular complexity index is 549. The Kier molecular flexibility index (Phi) is 4.29. The molecule has 108 valence electrons. The molecule has 2 atom stereocenters. The number of carbonyl (C=O) groups is 2. The Morgan fingerprint density at radius 3 is 2.75 bits per heavy atom. The third kappa shape index (κ3) is 3.10. The largest absolute Gasteiger partial charge is 0.480 e. The Morgan fingerprint density at radius 1 is 1.45 bits per heavy atom. The molecule has 0 spiro atoms. The molecule has 1 aliphatic rings. The first-order valence-electron chi connectivity index (χ1n) is 6.13. The minimum Gasteiger partial charge on any atom is -0.480 e. The third-order valence-electron chi connectivity index (χ3n) is 3.25. The van der Waals surface area contributed by atoms with Gasteiger partial charge in [0.1, 0.15) is 6.04 Å². The summed E-state index contributed by atoms with van der Waals surface area (Å²) >= 11 is 3.37. The van der Waals surface area contributed by atoms with Gasteiger partial charge in [-0.1, -0.05) is 22.0 Å². The number of urea groups is 1. The zero-order valence-corrected chi connectivity index (χ0v) is 12.4. The number of nitrogens with one attached hydrogen (secondary N) is 1. The van der Waals surface area contributed by atoms with E-state index in [-0.39, 0.29) is 13.0 Å². The fourth-order valence-electron chi connectivity index (χ4n) is 2.14. The fraction of sp³-hybridized carbons (Fsp3) is 0.385. The maximum Gasteiger partial charge on any atom is 0.326 e. The van der Waals surface area contributed by atoms with E-state index >= 15 is 0 Å². The molecule has 1 aromatic rings. The Hall–Kier alpha value is -1.60. The summed E-state index contributed by atoms with van der Waals surface area (Å²) in [7, 11) is 0. The predicted molar refractivity (Wildman–Crippen MR) is 76.7 cm³/mol. The molecule has 20 heavy (non-hydrogen) atoms. The first kappa shape index (κ1) is 14.8. The second-order valence-electron chi connectivity index (χ2n) is 4.79. The summed E-state index contributed by atoms with van der Waals surface area (Å²) in [6.07, 6.45) is -0.744. The molecule has 1 saturated heterocycles. The van der Waals surface area contributed by atoms with Crippen molar-refractivity contribution in [3.63, 3.8) is 0 Å². The van der Waals surface area contributed by atoms with E-state index in [4.69, 9.17) is 5.11 Å². The van der Waals surface area contributed by atoms with Crippen LogP contribution in [-0.4, -0.2) is 45.8 Å². The van der Waals surface area contributed by atoms with Gasteiger partial charge in [0.15, 0.2) is 0 Å². The molecule has 2 rings (SSSR count). The number of likely N-dealkylation sites (tertiary alicyclic amines) is 1. The van der Waals surface area contributed by atoms with Crippen LogP contribution in [0.4, 0.5) is 10.5 Å². The minimum absolute atomic E-state index is 0.0236. The van der Waals surface area contributed by atoms with Crippen LogP contribution in [0.25, 0.3) is 0 Å². The number of benzene rings is 1. The number of hydrogen-bond acceptors (Lipinski definition) is 3. The normalized spacial score (nSPS) is 21.9. The topological polar surface area (TPSA) is 89.9 Å². The van der Waals surface area contributed by atoms with Crippen molar-refractivity contribution in [2.24, 2.45) is 0 Å². The van der Waals surface area contributed by atoms with Crippen LogP contribution in [0, 0.1) is 6.92 Å². The van der Waals surface area contributed by atoms with Crippen LogP contribution < -0.4 is 5.32 Å². The molecule has 6 nitrogen and oxygen atoms in total. The first-order valence-corrected chi connectivity index (χ1v) is 6.92. The summed E-state index contributed by atoms with van der Waals surface area (Å²) in [6.45, 7) is 1.95.